The highest BCUT2D eigenvalue weighted by Crippen LogP contribution is 2.56. The summed E-state index contributed by atoms with van der Waals surface area (Å²) < 4.78 is 5.71. The van der Waals surface area contributed by atoms with Crippen LogP contribution in [0.4, 0.5) is 5.69 Å². The predicted octanol–water partition coefficient (Wildman–Crippen LogP) is 5.31. The number of benzene rings is 3. The number of imide groups is 1. The van der Waals surface area contributed by atoms with E-state index >= 15 is 0 Å². The van der Waals surface area contributed by atoms with Crippen molar-refractivity contribution in [3.63, 3.8) is 0 Å². The lowest BCUT2D eigenvalue weighted by molar-refractivity contribution is -0.384. The van der Waals surface area contributed by atoms with Gasteiger partial charge in [-0.3, -0.25) is 29.3 Å². The number of fused-ring (bicyclic) bond motifs is 5. The van der Waals surface area contributed by atoms with Gasteiger partial charge in [0.2, 0.25) is 0 Å². The lowest BCUT2D eigenvalue weighted by Gasteiger charge is -2.31. The number of carbonyl (C=O) groups is 4. The number of nitro benzene ring substituents is 1. The molecule has 0 unspecified atom stereocenters. The lowest BCUT2D eigenvalue weighted by Crippen LogP contribution is -2.52. The maximum absolute atomic E-state index is 13.7. The zero-order valence-electron chi connectivity index (χ0n) is 21.6. The zero-order chi connectivity index (χ0) is 28.8. The summed E-state index contributed by atoms with van der Waals surface area (Å²) in [5.41, 5.74) is 0.243. The number of ketones is 1. The standard InChI is InChI=1S/C30H24ClN3O7/c31-24-4-2-1-3-23(24)28(36)32(33-29(37)26-18-5-6-19(15-18)27(26)30(33)38)16-25(35)17-7-11-21(12-8-17)41-22-13-9-20(10-14-22)34(39)40/h1-4,7-14,18-19,26-27H,5-6,15-16H2/t18-,19-,26+,27+/m0/s1. The number of nitro groups is 1. The Morgan fingerprint density at radius 1 is 0.902 bits per heavy atom. The van der Waals surface area contributed by atoms with Gasteiger partial charge in [-0.2, -0.15) is 5.01 Å². The molecule has 4 atom stereocenters. The van der Waals surface area contributed by atoms with E-state index in [0.29, 0.717) is 11.5 Å². The van der Waals surface area contributed by atoms with E-state index in [9.17, 15) is 29.3 Å². The molecule has 0 N–H and O–H groups in total. The van der Waals surface area contributed by atoms with E-state index in [4.69, 9.17) is 16.3 Å². The first-order valence-electron chi connectivity index (χ1n) is 13.2. The van der Waals surface area contributed by atoms with Gasteiger partial charge >= 0.3 is 0 Å². The number of Topliss-reactive ketones (excluding diaryl/α,β-unsaturated/α-hetero) is 1. The fourth-order valence-electron chi connectivity index (χ4n) is 6.35. The smallest absolute Gasteiger partial charge is 0.274 e. The molecular formula is C30H24ClN3O7. The number of ether oxygens (including phenoxy) is 1. The van der Waals surface area contributed by atoms with Gasteiger partial charge in [-0.1, -0.05) is 23.7 Å². The molecule has 3 aliphatic rings. The van der Waals surface area contributed by atoms with Crippen LogP contribution in [-0.2, 0) is 9.59 Å². The molecule has 11 heteroatoms. The minimum absolute atomic E-state index is 0.0690. The molecule has 0 radical (unpaired) electrons. The molecule has 3 fully saturated rings. The molecule has 3 aromatic carbocycles. The van der Waals surface area contributed by atoms with Crippen molar-refractivity contribution in [1.29, 1.82) is 0 Å². The molecule has 0 aromatic heterocycles. The number of hydrazine groups is 1. The predicted molar refractivity (Wildman–Crippen MR) is 146 cm³/mol. The van der Waals surface area contributed by atoms with Crippen molar-refractivity contribution < 1.29 is 28.8 Å². The summed E-state index contributed by atoms with van der Waals surface area (Å²) in [7, 11) is 0. The van der Waals surface area contributed by atoms with E-state index in [-0.39, 0.29) is 33.7 Å². The Morgan fingerprint density at radius 3 is 2.02 bits per heavy atom. The largest absolute Gasteiger partial charge is 0.457 e. The number of hydrogen-bond acceptors (Lipinski definition) is 7. The van der Waals surface area contributed by atoms with Crippen LogP contribution in [0.1, 0.15) is 40.0 Å². The van der Waals surface area contributed by atoms with Gasteiger partial charge in [-0.05, 0) is 79.6 Å². The summed E-state index contributed by atoms with van der Waals surface area (Å²) >= 11 is 6.29. The number of rotatable bonds is 8. The molecular weight excluding hydrogens is 550 g/mol. The molecule has 208 valence electrons. The second-order valence-electron chi connectivity index (χ2n) is 10.5. The quantitative estimate of drug-likeness (QED) is 0.155. The van der Waals surface area contributed by atoms with E-state index in [2.05, 4.69) is 0 Å². The lowest BCUT2D eigenvalue weighted by atomic mass is 9.81. The summed E-state index contributed by atoms with van der Waals surface area (Å²) in [4.78, 5) is 64.6. The first kappa shape index (κ1) is 26.6. The molecule has 1 aliphatic heterocycles. The highest BCUT2D eigenvalue weighted by Gasteiger charge is 2.62. The van der Waals surface area contributed by atoms with Gasteiger partial charge in [0.25, 0.3) is 23.4 Å². The van der Waals surface area contributed by atoms with Crippen molar-refractivity contribution in [3.05, 3.63) is 99.1 Å². The third kappa shape index (κ3) is 4.74. The van der Waals surface area contributed by atoms with Crippen LogP contribution in [-0.4, -0.2) is 45.0 Å². The van der Waals surface area contributed by atoms with E-state index < -0.39 is 46.8 Å². The summed E-state index contributed by atoms with van der Waals surface area (Å²) in [5, 5.41) is 12.8. The van der Waals surface area contributed by atoms with Crippen molar-refractivity contribution >= 4 is 40.8 Å². The Bertz CT molecular complexity index is 1550. The van der Waals surface area contributed by atoms with E-state index in [0.717, 1.165) is 29.3 Å². The van der Waals surface area contributed by atoms with Gasteiger partial charge in [-0.25, -0.2) is 5.01 Å². The van der Waals surface area contributed by atoms with Crippen molar-refractivity contribution in [2.45, 2.75) is 19.3 Å². The molecule has 3 aromatic rings. The average molecular weight is 574 g/mol. The number of carbonyl (C=O) groups excluding carboxylic acids is 4. The van der Waals surface area contributed by atoms with Crippen molar-refractivity contribution in [1.82, 2.24) is 10.0 Å². The van der Waals surface area contributed by atoms with Crippen LogP contribution >= 0.6 is 11.6 Å². The monoisotopic (exact) mass is 573 g/mol. The van der Waals surface area contributed by atoms with Gasteiger partial charge in [0, 0.05) is 17.7 Å². The van der Waals surface area contributed by atoms with Crippen LogP contribution in [0, 0.1) is 33.8 Å². The van der Waals surface area contributed by atoms with Gasteiger partial charge in [0.1, 0.15) is 18.0 Å². The van der Waals surface area contributed by atoms with Crippen LogP contribution in [0.2, 0.25) is 5.02 Å². The minimum Gasteiger partial charge on any atom is -0.457 e. The number of hydrogen-bond donors (Lipinski definition) is 0. The SMILES string of the molecule is O=C(CN(C(=O)c1ccccc1Cl)N1C(=O)[C@@H]2[C@H]3CC[C@@H](C3)[C@H]2C1=O)c1ccc(Oc2ccc([N+](=O)[O-])cc2)cc1. The van der Waals surface area contributed by atoms with E-state index in [1.165, 1.54) is 48.5 Å². The maximum Gasteiger partial charge on any atom is 0.274 e. The summed E-state index contributed by atoms with van der Waals surface area (Å²) in [5.74, 6) is -2.03. The van der Waals surface area contributed by atoms with Crippen LogP contribution in [0.3, 0.4) is 0 Å². The molecule has 41 heavy (non-hydrogen) atoms. The molecule has 1 heterocycles. The summed E-state index contributed by atoms with van der Waals surface area (Å²) in [6.07, 6.45) is 2.60. The van der Waals surface area contributed by atoms with Gasteiger partial charge in [0.15, 0.2) is 5.78 Å². The fraction of sp³-hybridized carbons (Fsp3) is 0.267. The minimum atomic E-state index is -0.712. The Kier molecular flexibility index (Phi) is 6.78. The number of halogens is 1. The van der Waals surface area contributed by atoms with Crippen LogP contribution in [0.15, 0.2) is 72.8 Å². The zero-order valence-corrected chi connectivity index (χ0v) is 22.4. The normalized spacial score (nSPS) is 22.5. The third-order valence-electron chi connectivity index (χ3n) is 8.24. The molecule has 10 nitrogen and oxygen atoms in total. The number of amides is 3. The van der Waals surface area contributed by atoms with Gasteiger partial charge in [-0.15, -0.1) is 0 Å². The molecule has 2 bridgehead atoms. The number of nitrogens with zero attached hydrogens (tertiary/aromatic N) is 3. The molecule has 2 saturated carbocycles. The Hall–Kier alpha value is -4.57. The maximum atomic E-state index is 13.7. The fourth-order valence-corrected chi connectivity index (χ4v) is 6.56. The third-order valence-corrected chi connectivity index (χ3v) is 8.57. The first-order chi connectivity index (χ1) is 19.7. The second-order valence-corrected chi connectivity index (χ2v) is 10.9. The molecule has 3 amide bonds. The van der Waals surface area contributed by atoms with Crippen molar-refractivity contribution in [2.24, 2.45) is 23.7 Å². The molecule has 1 saturated heterocycles. The van der Waals surface area contributed by atoms with Crippen molar-refractivity contribution in [2.75, 3.05) is 6.54 Å². The summed E-state index contributed by atoms with van der Waals surface area (Å²) in [6, 6.07) is 17.9. The van der Waals surface area contributed by atoms with Crippen LogP contribution in [0.25, 0.3) is 0 Å². The average Bonchev–Trinajstić information content (AvgIpc) is 3.66. The van der Waals surface area contributed by atoms with Crippen LogP contribution in [0.5, 0.6) is 11.5 Å². The van der Waals surface area contributed by atoms with E-state index in [1.807, 2.05) is 0 Å². The topological polar surface area (TPSA) is 127 Å². The highest BCUT2D eigenvalue weighted by molar-refractivity contribution is 6.34. The molecule has 0 spiro atoms. The van der Waals surface area contributed by atoms with Gasteiger partial charge in [0.05, 0.1) is 27.3 Å². The Balaban J connectivity index is 1.24. The first-order valence-corrected chi connectivity index (χ1v) is 13.6. The Labute approximate surface area is 239 Å². The molecule has 6 rings (SSSR count). The Morgan fingerprint density at radius 2 is 1.46 bits per heavy atom. The van der Waals surface area contributed by atoms with E-state index in [1.54, 1.807) is 24.3 Å². The van der Waals surface area contributed by atoms with Gasteiger partial charge < -0.3 is 4.74 Å². The highest BCUT2D eigenvalue weighted by atomic mass is 35.5. The number of non-ortho nitro benzene ring substituents is 1. The summed E-state index contributed by atoms with van der Waals surface area (Å²) in [6.45, 7) is -0.543. The second kappa shape index (κ2) is 10.4. The van der Waals surface area contributed by atoms with Crippen LogP contribution < -0.4 is 4.74 Å². The van der Waals surface area contributed by atoms with Crippen molar-refractivity contribution in [3.8, 4) is 11.5 Å². The molecule has 2 aliphatic carbocycles.